The molecule has 26 heavy (non-hydrogen) atoms. The van der Waals surface area contributed by atoms with Gasteiger partial charge in [0.15, 0.2) is 11.5 Å². The van der Waals surface area contributed by atoms with E-state index in [4.69, 9.17) is 24.1 Å². The quantitative estimate of drug-likeness (QED) is 0.545. The zero-order valence-corrected chi connectivity index (χ0v) is 15.1. The van der Waals surface area contributed by atoms with Crippen molar-refractivity contribution in [3.05, 3.63) is 48.0 Å². The van der Waals surface area contributed by atoms with Gasteiger partial charge in [-0.15, -0.1) is 0 Å². The third-order valence-corrected chi connectivity index (χ3v) is 4.29. The molecule has 0 fully saturated rings. The van der Waals surface area contributed by atoms with Crippen LogP contribution in [0.2, 0.25) is 0 Å². The van der Waals surface area contributed by atoms with Crippen molar-refractivity contribution in [1.82, 2.24) is 0 Å². The van der Waals surface area contributed by atoms with E-state index in [1.165, 1.54) is 38.5 Å². The molecule has 0 atom stereocenters. The average Bonchev–Trinajstić information content (AvgIpc) is 2.63. The van der Waals surface area contributed by atoms with Crippen molar-refractivity contribution in [1.29, 1.82) is 0 Å². The lowest BCUT2D eigenvalue weighted by molar-refractivity contribution is 0.0446. The number of hydrogen-bond acceptors (Lipinski definition) is 7. The molecule has 2 rings (SSSR count). The Morgan fingerprint density at radius 3 is 2.27 bits per heavy atom. The molecule has 0 aliphatic rings. The van der Waals surface area contributed by atoms with Crippen molar-refractivity contribution in [3.63, 3.8) is 0 Å². The number of carbonyl (C=O) groups excluding carboxylic acids is 1. The average molecular weight is 381 g/mol. The van der Waals surface area contributed by atoms with Crippen molar-refractivity contribution in [2.75, 3.05) is 27.4 Å². The van der Waals surface area contributed by atoms with Gasteiger partial charge in [0.25, 0.3) is 0 Å². The number of rotatable bonds is 8. The second kappa shape index (κ2) is 8.54. The highest BCUT2D eigenvalue weighted by atomic mass is 32.2. The van der Waals surface area contributed by atoms with Gasteiger partial charge in [0, 0.05) is 0 Å². The maximum atomic E-state index is 12.2. The summed E-state index contributed by atoms with van der Waals surface area (Å²) in [6.07, 6.45) is 0. The Bertz CT molecular complexity index is 863. The highest BCUT2D eigenvalue weighted by Crippen LogP contribution is 2.31. The number of esters is 1. The summed E-state index contributed by atoms with van der Waals surface area (Å²) in [6.45, 7) is 0.0862. The van der Waals surface area contributed by atoms with E-state index in [1.54, 1.807) is 18.2 Å². The van der Waals surface area contributed by atoms with Gasteiger partial charge in [-0.05, 0) is 36.4 Å². The number of methoxy groups -OCH3 is 2. The Hall–Kier alpha value is -2.78. The zero-order chi connectivity index (χ0) is 19.2. The summed E-state index contributed by atoms with van der Waals surface area (Å²) >= 11 is 0. The third kappa shape index (κ3) is 4.87. The van der Waals surface area contributed by atoms with Crippen LogP contribution >= 0.6 is 0 Å². The molecular weight excluding hydrogens is 362 g/mol. The van der Waals surface area contributed by atoms with Crippen molar-refractivity contribution >= 4 is 16.0 Å². The highest BCUT2D eigenvalue weighted by Gasteiger charge is 2.17. The first-order valence-corrected chi connectivity index (χ1v) is 9.05. The topological polar surface area (TPSA) is 114 Å². The molecule has 0 saturated heterocycles. The van der Waals surface area contributed by atoms with Crippen LogP contribution in [-0.2, 0) is 14.8 Å². The number of sulfonamides is 1. The van der Waals surface area contributed by atoms with E-state index in [1.807, 2.05) is 0 Å². The molecule has 0 bridgehead atoms. The number of carbonyl (C=O) groups is 1. The lowest BCUT2D eigenvalue weighted by Gasteiger charge is -2.12. The molecule has 0 amide bonds. The van der Waals surface area contributed by atoms with Crippen LogP contribution in [0.4, 0.5) is 0 Å². The van der Waals surface area contributed by atoms with Crippen LogP contribution in [0.1, 0.15) is 10.4 Å². The lowest BCUT2D eigenvalue weighted by Crippen LogP contribution is -2.14. The van der Waals surface area contributed by atoms with Crippen LogP contribution in [-0.4, -0.2) is 41.8 Å². The molecule has 0 spiro atoms. The fourth-order valence-corrected chi connectivity index (χ4v) is 2.66. The van der Waals surface area contributed by atoms with Gasteiger partial charge in [-0.2, -0.15) is 0 Å². The van der Waals surface area contributed by atoms with Gasteiger partial charge in [-0.25, -0.2) is 18.4 Å². The fourth-order valence-electron chi connectivity index (χ4n) is 2.15. The van der Waals surface area contributed by atoms with Crippen molar-refractivity contribution in [2.45, 2.75) is 4.90 Å². The van der Waals surface area contributed by atoms with Crippen LogP contribution in [0.3, 0.4) is 0 Å². The molecule has 0 heterocycles. The second-order valence-electron chi connectivity index (χ2n) is 5.04. The first-order valence-electron chi connectivity index (χ1n) is 7.50. The predicted octanol–water partition coefficient (Wildman–Crippen LogP) is 1.59. The molecule has 0 aliphatic carbocycles. The molecule has 0 aliphatic heterocycles. The van der Waals surface area contributed by atoms with Crippen LogP contribution < -0.4 is 19.3 Å². The van der Waals surface area contributed by atoms with E-state index in [9.17, 15) is 13.2 Å². The van der Waals surface area contributed by atoms with E-state index < -0.39 is 16.0 Å². The van der Waals surface area contributed by atoms with E-state index >= 15 is 0 Å². The first kappa shape index (κ1) is 19.5. The molecule has 2 N–H and O–H groups in total. The van der Waals surface area contributed by atoms with E-state index in [-0.39, 0.29) is 23.7 Å². The monoisotopic (exact) mass is 381 g/mol. The normalized spacial score (nSPS) is 10.9. The smallest absolute Gasteiger partial charge is 0.342 e. The Labute approximate surface area is 151 Å². The summed E-state index contributed by atoms with van der Waals surface area (Å²) in [5.41, 5.74) is 0.240. The van der Waals surface area contributed by atoms with Crippen molar-refractivity contribution in [3.8, 4) is 17.2 Å². The highest BCUT2D eigenvalue weighted by molar-refractivity contribution is 7.89. The molecule has 0 unspecified atom stereocenters. The Morgan fingerprint density at radius 2 is 1.69 bits per heavy atom. The number of nitrogens with two attached hydrogens (primary N) is 1. The third-order valence-electron chi connectivity index (χ3n) is 3.36. The summed E-state index contributed by atoms with van der Waals surface area (Å²) in [5, 5.41) is 5.02. The molecule has 0 radical (unpaired) electrons. The molecule has 8 nitrogen and oxygen atoms in total. The maximum absolute atomic E-state index is 12.2. The number of primary sulfonamides is 1. The molecule has 2 aromatic rings. The largest absolute Gasteiger partial charge is 0.493 e. The molecule has 0 saturated carbocycles. The Balaban J connectivity index is 1.89. The van der Waals surface area contributed by atoms with Gasteiger partial charge < -0.3 is 18.9 Å². The molecule has 140 valence electrons. The van der Waals surface area contributed by atoms with Gasteiger partial charge in [-0.3, -0.25) is 0 Å². The number of benzene rings is 2. The standard InChI is InChI=1S/C17H19NO7S/c1-22-15-5-3-4-14(16(15)23-2)17(19)25-11-10-24-12-6-8-13(9-7-12)26(18,20)21/h3-9H,10-11H2,1-2H3,(H2,18,20,21). The van der Waals surface area contributed by atoms with Crippen LogP contribution in [0.25, 0.3) is 0 Å². The van der Waals surface area contributed by atoms with Crippen LogP contribution in [0, 0.1) is 0 Å². The van der Waals surface area contributed by atoms with E-state index in [0.717, 1.165) is 0 Å². The zero-order valence-electron chi connectivity index (χ0n) is 14.3. The minimum absolute atomic E-state index is 0.00383. The Kier molecular flexibility index (Phi) is 6.42. The number of ether oxygens (including phenoxy) is 4. The van der Waals surface area contributed by atoms with Crippen molar-refractivity contribution in [2.24, 2.45) is 5.14 Å². The summed E-state index contributed by atoms with van der Waals surface area (Å²) in [7, 11) is -0.838. The van der Waals surface area contributed by atoms with E-state index in [2.05, 4.69) is 0 Å². The molecule has 9 heteroatoms. The van der Waals surface area contributed by atoms with Crippen LogP contribution in [0.15, 0.2) is 47.4 Å². The number of hydrogen-bond donors (Lipinski definition) is 1. The van der Waals surface area contributed by atoms with Gasteiger partial charge in [0.05, 0.1) is 19.1 Å². The summed E-state index contributed by atoms with van der Waals surface area (Å²) in [4.78, 5) is 12.2. The summed E-state index contributed by atoms with van der Waals surface area (Å²) in [5.74, 6) is 0.564. The van der Waals surface area contributed by atoms with Gasteiger partial charge in [0.1, 0.15) is 24.5 Å². The van der Waals surface area contributed by atoms with E-state index in [0.29, 0.717) is 17.2 Å². The van der Waals surface area contributed by atoms with Gasteiger partial charge in [-0.1, -0.05) is 6.07 Å². The SMILES string of the molecule is COc1cccc(C(=O)OCCOc2ccc(S(N)(=O)=O)cc2)c1OC. The van der Waals surface area contributed by atoms with Crippen molar-refractivity contribution < 1.29 is 32.2 Å². The minimum atomic E-state index is -3.75. The molecule has 0 aromatic heterocycles. The predicted molar refractivity (Wildman–Crippen MR) is 93.1 cm³/mol. The molecule has 2 aromatic carbocycles. The maximum Gasteiger partial charge on any atom is 0.342 e. The van der Waals surface area contributed by atoms with Crippen LogP contribution in [0.5, 0.6) is 17.2 Å². The lowest BCUT2D eigenvalue weighted by atomic mass is 10.2. The molecular formula is C17H19NO7S. The Morgan fingerprint density at radius 1 is 1.00 bits per heavy atom. The first-order chi connectivity index (χ1) is 12.4. The van der Waals surface area contributed by atoms with Gasteiger partial charge >= 0.3 is 5.97 Å². The summed E-state index contributed by atoms with van der Waals surface area (Å²) < 4.78 is 43.2. The fraction of sp³-hybridized carbons (Fsp3) is 0.235. The van der Waals surface area contributed by atoms with Gasteiger partial charge in [0.2, 0.25) is 10.0 Å². The number of para-hydroxylation sites is 1. The minimum Gasteiger partial charge on any atom is -0.493 e. The summed E-state index contributed by atoms with van der Waals surface area (Å²) in [6, 6.07) is 10.5. The second-order valence-corrected chi connectivity index (χ2v) is 6.60.